The molecule has 1 heteroatoms. The lowest BCUT2D eigenvalue weighted by atomic mass is 10.4. The molecule has 0 aliphatic rings. The highest BCUT2D eigenvalue weighted by atomic mass is 16.5. The summed E-state index contributed by atoms with van der Waals surface area (Å²) < 4.78 is 4.54. The Balaban J connectivity index is 3.07. The van der Waals surface area contributed by atoms with Gasteiger partial charge in [-0.3, -0.25) is 0 Å². The van der Waals surface area contributed by atoms with Crippen LogP contribution in [0.5, 0.6) is 0 Å². The number of unbranched alkanes of at least 4 members (excludes halogenated alkanes) is 1. The Morgan fingerprint density at radius 2 is 2.50 bits per heavy atom. The van der Waals surface area contributed by atoms with E-state index in [1.165, 1.54) is 6.26 Å². The smallest absolute Gasteiger partial charge is 0.115 e. The molecule has 0 aliphatic heterocycles. The monoisotopic (exact) mass is 110 g/mol. The second-order valence-corrected chi connectivity index (χ2v) is 1.31. The highest BCUT2D eigenvalue weighted by Gasteiger charge is 1.67. The van der Waals surface area contributed by atoms with Crippen LogP contribution in [0.25, 0.3) is 0 Å². The summed E-state index contributed by atoms with van der Waals surface area (Å²) in [7, 11) is 0. The van der Waals surface area contributed by atoms with Gasteiger partial charge in [0, 0.05) is 6.42 Å². The van der Waals surface area contributed by atoms with Crippen molar-refractivity contribution in [3.63, 3.8) is 0 Å². The molecular formula is C7H10O. The molecule has 0 fully saturated rings. The van der Waals surface area contributed by atoms with Gasteiger partial charge in [0.2, 0.25) is 0 Å². The first-order valence-electron chi connectivity index (χ1n) is 2.66. The zero-order valence-electron chi connectivity index (χ0n) is 5.11. The number of hydrogen-bond donors (Lipinski definition) is 0. The van der Waals surface area contributed by atoms with Crippen LogP contribution in [0.4, 0.5) is 0 Å². The summed E-state index contributed by atoms with van der Waals surface area (Å²) in [5, 5.41) is 0. The highest BCUT2D eigenvalue weighted by Crippen LogP contribution is 1.80. The summed E-state index contributed by atoms with van der Waals surface area (Å²) in [6.07, 6.45) is 5.76. The summed E-state index contributed by atoms with van der Waals surface area (Å²) in [5.74, 6) is 2.79. The van der Waals surface area contributed by atoms with E-state index in [0.717, 1.165) is 12.8 Å². The van der Waals surface area contributed by atoms with E-state index in [9.17, 15) is 0 Å². The first kappa shape index (κ1) is 7.10. The Bertz CT molecular complexity index is 105. The molecular weight excluding hydrogens is 100 g/mol. The van der Waals surface area contributed by atoms with Crippen molar-refractivity contribution in [3.05, 3.63) is 12.8 Å². The Kier molecular flexibility index (Phi) is 5.41. The molecule has 1 nitrogen and oxygen atoms in total. The van der Waals surface area contributed by atoms with E-state index in [-0.39, 0.29) is 0 Å². The molecule has 0 heterocycles. The van der Waals surface area contributed by atoms with Gasteiger partial charge in [0.25, 0.3) is 0 Å². The van der Waals surface area contributed by atoms with Crippen LogP contribution in [-0.2, 0) is 4.74 Å². The van der Waals surface area contributed by atoms with Gasteiger partial charge in [-0.05, 0) is 6.42 Å². The lowest BCUT2D eigenvalue weighted by Gasteiger charge is -1.78. The van der Waals surface area contributed by atoms with Gasteiger partial charge in [0.15, 0.2) is 0 Å². The van der Waals surface area contributed by atoms with Crippen LogP contribution < -0.4 is 0 Å². The van der Waals surface area contributed by atoms with Crippen LogP contribution >= 0.6 is 0 Å². The normalized spacial score (nSPS) is 6.62. The second kappa shape index (κ2) is 6.10. The molecule has 8 heavy (non-hydrogen) atoms. The average Bonchev–Trinajstić information content (AvgIpc) is 1.81. The predicted molar refractivity (Wildman–Crippen MR) is 34.0 cm³/mol. The molecule has 0 saturated carbocycles. The summed E-state index contributed by atoms with van der Waals surface area (Å²) in [6.45, 7) is 5.41. The maximum Gasteiger partial charge on any atom is 0.115 e. The summed E-state index contributed by atoms with van der Waals surface area (Å²) in [5.41, 5.74) is 0. The molecule has 0 aromatic carbocycles. The van der Waals surface area contributed by atoms with Crippen molar-refractivity contribution < 1.29 is 4.74 Å². The largest absolute Gasteiger partial charge is 0.416 e. The van der Waals surface area contributed by atoms with Gasteiger partial charge in [0.05, 0.1) is 6.26 Å². The lowest BCUT2D eigenvalue weighted by molar-refractivity contribution is 0.441. The molecule has 0 unspecified atom stereocenters. The van der Waals surface area contributed by atoms with E-state index in [0.29, 0.717) is 0 Å². The molecule has 0 aromatic rings. The molecule has 0 rings (SSSR count). The van der Waals surface area contributed by atoms with Crippen molar-refractivity contribution in [2.45, 2.75) is 19.8 Å². The lowest BCUT2D eigenvalue weighted by Crippen LogP contribution is -1.64. The topological polar surface area (TPSA) is 9.23 Å². The second-order valence-electron chi connectivity index (χ2n) is 1.31. The van der Waals surface area contributed by atoms with Gasteiger partial charge < -0.3 is 4.74 Å². The zero-order chi connectivity index (χ0) is 6.24. The zero-order valence-corrected chi connectivity index (χ0v) is 5.11. The highest BCUT2D eigenvalue weighted by molar-refractivity contribution is 4.91. The van der Waals surface area contributed by atoms with E-state index < -0.39 is 0 Å². The van der Waals surface area contributed by atoms with E-state index >= 15 is 0 Å². The molecule has 0 N–H and O–H groups in total. The fourth-order valence-electron chi connectivity index (χ4n) is 0.259. The predicted octanol–water partition coefficient (Wildman–Crippen LogP) is 1.91. The quantitative estimate of drug-likeness (QED) is 0.389. The molecule has 0 aromatic heterocycles. The van der Waals surface area contributed by atoms with Gasteiger partial charge >= 0.3 is 0 Å². The molecule has 0 atom stereocenters. The van der Waals surface area contributed by atoms with Crippen molar-refractivity contribution in [1.29, 1.82) is 0 Å². The maximum atomic E-state index is 4.54. The first-order chi connectivity index (χ1) is 3.91. The fraction of sp³-hybridized carbons (Fsp3) is 0.429. The average molecular weight is 110 g/mol. The van der Waals surface area contributed by atoms with Crippen molar-refractivity contribution in [3.8, 4) is 12.0 Å². The minimum absolute atomic E-state index is 0.897. The first-order valence-corrected chi connectivity index (χ1v) is 2.66. The third-order valence-corrected chi connectivity index (χ3v) is 0.589. The Hall–Kier alpha value is -0.900. The van der Waals surface area contributed by atoms with Crippen molar-refractivity contribution in [1.82, 2.24) is 0 Å². The minimum atomic E-state index is 0.897. The number of ether oxygens (including phenoxy) is 1. The van der Waals surface area contributed by atoms with Crippen LogP contribution in [0.1, 0.15) is 19.8 Å². The van der Waals surface area contributed by atoms with Crippen LogP contribution in [-0.4, -0.2) is 0 Å². The minimum Gasteiger partial charge on any atom is -0.416 e. The Labute approximate surface area is 50.4 Å². The molecule has 0 saturated heterocycles. The van der Waals surface area contributed by atoms with Gasteiger partial charge in [-0.2, -0.15) is 0 Å². The van der Waals surface area contributed by atoms with E-state index in [4.69, 9.17) is 0 Å². The Morgan fingerprint density at radius 1 is 1.75 bits per heavy atom. The van der Waals surface area contributed by atoms with Crippen molar-refractivity contribution in [2.24, 2.45) is 0 Å². The van der Waals surface area contributed by atoms with Gasteiger partial charge in [0.1, 0.15) is 6.11 Å². The molecule has 0 spiro atoms. The molecule has 0 aliphatic carbocycles. The van der Waals surface area contributed by atoms with Crippen molar-refractivity contribution in [2.75, 3.05) is 0 Å². The summed E-state index contributed by atoms with van der Waals surface area (Å²) in [4.78, 5) is 0. The van der Waals surface area contributed by atoms with Crippen LogP contribution in [0.15, 0.2) is 12.8 Å². The maximum absolute atomic E-state index is 4.54. The van der Waals surface area contributed by atoms with Gasteiger partial charge in [-0.25, -0.2) is 0 Å². The fourth-order valence-corrected chi connectivity index (χ4v) is 0.259. The summed E-state index contributed by atoms with van der Waals surface area (Å²) >= 11 is 0. The van der Waals surface area contributed by atoms with E-state index in [2.05, 4.69) is 30.3 Å². The van der Waals surface area contributed by atoms with E-state index in [1.807, 2.05) is 0 Å². The van der Waals surface area contributed by atoms with Crippen LogP contribution in [0.2, 0.25) is 0 Å². The number of rotatable bonds is 2. The van der Waals surface area contributed by atoms with Gasteiger partial charge in [-0.1, -0.05) is 19.4 Å². The third kappa shape index (κ3) is 5.10. The molecule has 0 radical (unpaired) electrons. The SMILES string of the molecule is C=COC#CCCC. The van der Waals surface area contributed by atoms with Crippen LogP contribution in [0, 0.1) is 12.0 Å². The Morgan fingerprint density at radius 3 is 3.00 bits per heavy atom. The van der Waals surface area contributed by atoms with Crippen molar-refractivity contribution >= 4 is 0 Å². The van der Waals surface area contributed by atoms with Gasteiger partial charge in [-0.15, -0.1) is 0 Å². The molecule has 44 valence electrons. The van der Waals surface area contributed by atoms with Crippen LogP contribution in [0.3, 0.4) is 0 Å². The number of hydrogen-bond acceptors (Lipinski definition) is 1. The van der Waals surface area contributed by atoms with E-state index in [1.54, 1.807) is 0 Å². The summed E-state index contributed by atoms with van der Waals surface area (Å²) in [6, 6.07) is 0. The third-order valence-electron chi connectivity index (χ3n) is 0.589. The molecule has 0 bridgehead atoms. The standard InChI is InChI=1S/C7H10O/c1-3-5-6-7-8-4-2/h4H,2-3,5H2,1H3. The molecule has 0 amide bonds.